The fourth-order valence-electron chi connectivity index (χ4n) is 3.26. The lowest BCUT2D eigenvalue weighted by Crippen LogP contribution is -2.50. The van der Waals surface area contributed by atoms with Crippen LogP contribution in [0.4, 0.5) is 11.5 Å². The first-order valence-corrected chi connectivity index (χ1v) is 9.31. The van der Waals surface area contributed by atoms with Gasteiger partial charge in [0.1, 0.15) is 17.8 Å². The molecule has 1 aliphatic rings. The highest BCUT2D eigenvalue weighted by Crippen LogP contribution is 2.26. The normalized spacial score (nSPS) is 14.7. The third-order valence-electron chi connectivity index (χ3n) is 4.63. The van der Waals surface area contributed by atoms with Crippen molar-refractivity contribution in [2.45, 2.75) is 6.92 Å². The van der Waals surface area contributed by atoms with Gasteiger partial charge in [0.15, 0.2) is 5.96 Å². The lowest BCUT2D eigenvalue weighted by molar-refractivity contribution is 0.382. The van der Waals surface area contributed by atoms with Gasteiger partial charge < -0.3 is 20.1 Å². The number of piperazine rings is 1. The number of hydrogen-bond donors (Lipinski definition) is 3. The third-order valence-corrected chi connectivity index (χ3v) is 5.12. The van der Waals surface area contributed by atoms with Gasteiger partial charge in [0.25, 0.3) is 0 Å². The number of nitrogens with zero attached hydrogens (tertiary/aromatic N) is 4. The largest absolute Gasteiger partial charge is 0.352 e. The summed E-state index contributed by atoms with van der Waals surface area (Å²) in [6.07, 6.45) is 3.58. The van der Waals surface area contributed by atoms with Gasteiger partial charge in [-0.25, -0.2) is 9.97 Å². The zero-order valence-corrected chi connectivity index (χ0v) is 16.0. The molecule has 1 fully saturated rings. The molecular weight excluding hydrogens is 394 g/mol. The molecule has 26 heavy (non-hydrogen) atoms. The van der Waals surface area contributed by atoms with E-state index in [0.29, 0.717) is 5.96 Å². The highest BCUT2D eigenvalue weighted by molar-refractivity contribution is 9.10. The van der Waals surface area contributed by atoms with Crippen LogP contribution in [-0.2, 0) is 0 Å². The van der Waals surface area contributed by atoms with Crippen molar-refractivity contribution in [3.05, 3.63) is 46.8 Å². The van der Waals surface area contributed by atoms with Gasteiger partial charge in [0.2, 0.25) is 0 Å². The smallest absolute Gasteiger partial charge is 0.195 e. The Morgan fingerprint density at radius 3 is 2.81 bits per heavy atom. The van der Waals surface area contributed by atoms with Gasteiger partial charge in [-0.3, -0.25) is 5.41 Å². The first-order valence-electron chi connectivity index (χ1n) is 8.51. The van der Waals surface area contributed by atoms with Gasteiger partial charge in [-0.15, -0.1) is 0 Å². The molecule has 0 bridgehead atoms. The van der Waals surface area contributed by atoms with E-state index in [0.717, 1.165) is 58.8 Å². The van der Waals surface area contributed by atoms with E-state index < -0.39 is 0 Å². The van der Waals surface area contributed by atoms with Crippen molar-refractivity contribution in [1.29, 1.82) is 5.41 Å². The highest BCUT2D eigenvalue weighted by atomic mass is 79.9. The predicted molar refractivity (Wildman–Crippen MR) is 108 cm³/mol. The van der Waals surface area contributed by atoms with Crippen molar-refractivity contribution in [1.82, 2.24) is 19.9 Å². The summed E-state index contributed by atoms with van der Waals surface area (Å²) < 4.78 is 0.995. The molecule has 0 spiro atoms. The third kappa shape index (κ3) is 3.24. The molecule has 3 heterocycles. The summed E-state index contributed by atoms with van der Waals surface area (Å²) in [4.78, 5) is 16.3. The molecule has 7 nitrogen and oxygen atoms in total. The molecule has 4 rings (SSSR count). The molecule has 3 N–H and O–H groups in total. The molecule has 1 aliphatic heterocycles. The van der Waals surface area contributed by atoms with Crippen LogP contribution in [0.1, 0.15) is 5.56 Å². The maximum atomic E-state index is 8.35. The van der Waals surface area contributed by atoms with Crippen LogP contribution in [-0.4, -0.2) is 52.0 Å². The van der Waals surface area contributed by atoms with Crippen molar-refractivity contribution >= 4 is 44.4 Å². The van der Waals surface area contributed by atoms with E-state index in [2.05, 4.69) is 52.9 Å². The Kier molecular flexibility index (Phi) is 4.50. The summed E-state index contributed by atoms with van der Waals surface area (Å²) in [5.74, 6) is 1.40. The number of rotatable bonds is 2. The van der Waals surface area contributed by atoms with E-state index in [1.807, 2.05) is 30.5 Å². The highest BCUT2D eigenvalue weighted by Gasteiger charge is 2.22. The second kappa shape index (κ2) is 6.95. The second-order valence-corrected chi connectivity index (χ2v) is 7.27. The Morgan fingerprint density at radius 2 is 2.04 bits per heavy atom. The minimum absolute atomic E-state index is 0.424. The average molecular weight is 414 g/mol. The number of anilines is 2. The summed E-state index contributed by atoms with van der Waals surface area (Å²) in [7, 11) is 0. The van der Waals surface area contributed by atoms with Gasteiger partial charge in [-0.1, -0.05) is 22.0 Å². The second-order valence-electron chi connectivity index (χ2n) is 6.35. The number of guanidine groups is 1. The molecule has 0 amide bonds. The van der Waals surface area contributed by atoms with E-state index in [9.17, 15) is 0 Å². The van der Waals surface area contributed by atoms with Crippen LogP contribution in [0.3, 0.4) is 0 Å². The predicted octanol–water partition coefficient (Wildman–Crippen LogP) is 3.20. The Hall–Kier alpha value is -2.61. The SMILES string of the molecule is Cc1c[nH]c2ncnc(N3CCN(C(=N)Nc4cccc(Br)c4)CC3)c12. The molecular formula is C18H20BrN7. The minimum Gasteiger partial charge on any atom is -0.352 e. The standard InChI is InChI=1S/C18H20BrN7/c1-12-10-21-16-15(12)17(23-11-22-16)25-5-7-26(8-6-25)18(20)24-14-4-2-3-13(19)9-14/h2-4,9-11H,5-8H2,1H3,(H2,20,24)(H,21,22,23). The monoisotopic (exact) mass is 413 g/mol. The minimum atomic E-state index is 0.424. The Morgan fingerprint density at radius 1 is 1.23 bits per heavy atom. The fourth-order valence-corrected chi connectivity index (χ4v) is 3.66. The van der Waals surface area contributed by atoms with Gasteiger partial charge in [0.05, 0.1) is 5.39 Å². The zero-order valence-electron chi connectivity index (χ0n) is 14.5. The summed E-state index contributed by atoms with van der Waals surface area (Å²) in [5.41, 5.74) is 2.94. The fraction of sp³-hybridized carbons (Fsp3) is 0.278. The summed E-state index contributed by atoms with van der Waals surface area (Å²) in [5, 5.41) is 12.6. The maximum absolute atomic E-state index is 8.35. The number of halogens is 1. The number of hydrogen-bond acceptors (Lipinski definition) is 4. The lowest BCUT2D eigenvalue weighted by atomic mass is 10.2. The average Bonchev–Trinajstić information content (AvgIpc) is 3.03. The molecule has 2 aromatic heterocycles. The summed E-state index contributed by atoms with van der Waals surface area (Å²) >= 11 is 3.46. The molecule has 0 radical (unpaired) electrons. The van der Waals surface area contributed by atoms with Crippen LogP contribution in [0, 0.1) is 12.3 Å². The summed E-state index contributed by atoms with van der Waals surface area (Å²) in [6, 6.07) is 7.86. The van der Waals surface area contributed by atoms with Crippen molar-refractivity contribution in [2.24, 2.45) is 0 Å². The van der Waals surface area contributed by atoms with Crippen LogP contribution in [0.25, 0.3) is 11.0 Å². The number of aromatic nitrogens is 3. The molecule has 3 aromatic rings. The topological polar surface area (TPSA) is 83.9 Å². The number of nitrogens with one attached hydrogen (secondary N) is 3. The molecule has 1 saturated heterocycles. The van der Waals surface area contributed by atoms with E-state index >= 15 is 0 Å². The first kappa shape index (κ1) is 16.8. The maximum Gasteiger partial charge on any atom is 0.195 e. The Balaban J connectivity index is 1.44. The molecule has 0 atom stereocenters. The van der Waals surface area contributed by atoms with E-state index in [4.69, 9.17) is 5.41 Å². The molecule has 1 aromatic carbocycles. The number of aromatic amines is 1. The van der Waals surface area contributed by atoms with Crippen molar-refractivity contribution < 1.29 is 0 Å². The number of fused-ring (bicyclic) bond motifs is 1. The number of aryl methyl sites for hydroxylation is 1. The van der Waals surface area contributed by atoms with Crippen molar-refractivity contribution in [3.63, 3.8) is 0 Å². The quantitative estimate of drug-likeness (QED) is 0.443. The summed E-state index contributed by atoms with van der Waals surface area (Å²) in [6.45, 7) is 5.25. The molecule has 0 saturated carbocycles. The van der Waals surface area contributed by atoms with Crippen LogP contribution < -0.4 is 10.2 Å². The van der Waals surface area contributed by atoms with Crippen LogP contribution in [0.2, 0.25) is 0 Å². The van der Waals surface area contributed by atoms with Gasteiger partial charge >= 0.3 is 0 Å². The number of H-pyrrole nitrogens is 1. The Labute approximate surface area is 160 Å². The molecule has 0 unspecified atom stereocenters. The van der Waals surface area contributed by atoms with E-state index in [1.165, 1.54) is 0 Å². The molecule has 134 valence electrons. The molecule has 0 aliphatic carbocycles. The van der Waals surface area contributed by atoms with Crippen LogP contribution in [0.5, 0.6) is 0 Å². The van der Waals surface area contributed by atoms with Gasteiger partial charge in [0, 0.05) is 42.5 Å². The Bertz CT molecular complexity index is 944. The van der Waals surface area contributed by atoms with E-state index in [-0.39, 0.29) is 0 Å². The zero-order chi connectivity index (χ0) is 18.1. The van der Waals surface area contributed by atoms with Crippen molar-refractivity contribution in [2.75, 3.05) is 36.4 Å². The van der Waals surface area contributed by atoms with E-state index in [1.54, 1.807) is 6.33 Å². The first-order chi connectivity index (χ1) is 12.6. The lowest BCUT2D eigenvalue weighted by Gasteiger charge is -2.36. The van der Waals surface area contributed by atoms with Crippen LogP contribution >= 0.6 is 15.9 Å². The van der Waals surface area contributed by atoms with Crippen molar-refractivity contribution in [3.8, 4) is 0 Å². The van der Waals surface area contributed by atoms with Crippen LogP contribution in [0.15, 0.2) is 41.3 Å². The molecule has 8 heteroatoms. The van der Waals surface area contributed by atoms with Gasteiger partial charge in [-0.05, 0) is 30.7 Å². The number of benzene rings is 1. The van der Waals surface area contributed by atoms with Gasteiger partial charge in [-0.2, -0.15) is 0 Å².